The van der Waals surface area contributed by atoms with Gasteiger partial charge in [0.1, 0.15) is 22.8 Å². The number of hydrogen-bond acceptors (Lipinski definition) is 7. The average Bonchev–Trinajstić information content (AvgIpc) is 3.34. The maximum Gasteiger partial charge on any atom is 0.356 e. The van der Waals surface area contributed by atoms with E-state index in [2.05, 4.69) is 0 Å². The summed E-state index contributed by atoms with van der Waals surface area (Å²) in [6.07, 6.45) is 0. The van der Waals surface area contributed by atoms with Crippen LogP contribution in [0.4, 0.5) is 0 Å². The molecule has 3 aromatic carbocycles. The Balaban J connectivity index is 1.99. The molecule has 2 aliphatic heterocycles. The molecule has 5 rings (SSSR count). The van der Waals surface area contributed by atoms with E-state index >= 15 is 0 Å². The number of para-hydroxylation sites is 1. The Kier molecular flexibility index (Phi) is 6.38. The molecule has 0 amide bonds. The number of pyridine rings is 1. The van der Waals surface area contributed by atoms with Gasteiger partial charge in [0.15, 0.2) is 5.78 Å². The van der Waals surface area contributed by atoms with Crippen molar-refractivity contribution in [1.29, 1.82) is 0 Å². The van der Waals surface area contributed by atoms with Crippen LogP contribution >= 0.6 is 0 Å². The molecule has 0 spiro atoms. The van der Waals surface area contributed by atoms with Gasteiger partial charge in [-0.1, -0.05) is 35.9 Å². The summed E-state index contributed by atoms with van der Waals surface area (Å²) in [6, 6.07) is 21.2. The molecular formula is C30H24N2O6. The number of hydrogen-bond donors (Lipinski definition) is 0. The summed E-state index contributed by atoms with van der Waals surface area (Å²) in [5.74, 6) is -1.24. The van der Waals surface area contributed by atoms with Crippen molar-refractivity contribution in [3.8, 4) is 22.8 Å². The molecule has 0 unspecified atom stereocenters. The Labute approximate surface area is 218 Å². The summed E-state index contributed by atoms with van der Waals surface area (Å²) >= 11 is 0. The van der Waals surface area contributed by atoms with Gasteiger partial charge in [0.25, 0.3) is 0 Å². The fourth-order valence-corrected chi connectivity index (χ4v) is 4.59. The molecule has 0 atom stereocenters. The zero-order valence-electron chi connectivity index (χ0n) is 21.3. The average molecular weight is 509 g/mol. The largest absolute Gasteiger partial charge is 0.497 e. The molecule has 38 heavy (non-hydrogen) atoms. The van der Waals surface area contributed by atoms with Gasteiger partial charge in [-0.25, -0.2) is 14.6 Å². The molecule has 2 aliphatic rings. The SMILES string of the molecule is COC(=O)c1c(C(=O)c2ccc(OC)cc2)c2c3ccccc3nc-2n(-c2ccc(C)cc2)c1C(=O)OC. The molecule has 0 saturated heterocycles. The lowest BCUT2D eigenvalue weighted by Crippen LogP contribution is -2.26. The van der Waals surface area contributed by atoms with E-state index in [0.717, 1.165) is 5.56 Å². The third-order valence-corrected chi connectivity index (χ3v) is 6.44. The number of esters is 2. The van der Waals surface area contributed by atoms with Crippen molar-refractivity contribution in [1.82, 2.24) is 9.55 Å². The Bertz CT molecular complexity index is 1670. The third-order valence-electron chi connectivity index (χ3n) is 6.44. The zero-order chi connectivity index (χ0) is 27.0. The number of fused-ring (bicyclic) bond motifs is 3. The number of ketones is 1. The first-order valence-electron chi connectivity index (χ1n) is 11.8. The first kappa shape index (κ1) is 24.7. The summed E-state index contributed by atoms with van der Waals surface area (Å²) in [5, 5.41) is 0.654. The maximum absolute atomic E-state index is 14.2. The molecule has 2 heterocycles. The molecule has 0 fully saturated rings. The van der Waals surface area contributed by atoms with E-state index in [1.807, 2.05) is 55.5 Å². The minimum atomic E-state index is -0.852. The molecule has 0 radical (unpaired) electrons. The topological polar surface area (TPSA) is 96.7 Å². The van der Waals surface area contributed by atoms with Gasteiger partial charge >= 0.3 is 11.9 Å². The highest BCUT2D eigenvalue weighted by molar-refractivity contribution is 6.23. The lowest BCUT2D eigenvalue weighted by atomic mass is 9.90. The monoisotopic (exact) mass is 508 g/mol. The van der Waals surface area contributed by atoms with Gasteiger partial charge in [0.2, 0.25) is 0 Å². The molecule has 3 aromatic rings. The van der Waals surface area contributed by atoms with Crippen LogP contribution in [0.1, 0.15) is 42.3 Å². The first-order valence-corrected chi connectivity index (χ1v) is 11.8. The van der Waals surface area contributed by atoms with Crippen molar-refractivity contribution < 1.29 is 28.6 Å². The number of ether oxygens (including phenoxy) is 3. The van der Waals surface area contributed by atoms with Gasteiger partial charge in [-0.05, 0) is 49.4 Å². The summed E-state index contributed by atoms with van der Waals surface area (Å²) < 4.78 is 17.0. The Morgan fingerprint density at radius 2 is 1.42 bits per heavy atom. The van der Waals surface area contributed by atoms with E-state index in [4.69, 9.17) is 19.2 Å². The fraction of sp³-hybridized carbons (Fsp3) is 0.133. The van der Waals surface area contributed by atoms with Crippen LogP contribution in [-0.4, -0.2) is 48.6 Å². The summed E-state index contributed by atoms with van der Waals surface area (Å²) in [7, 11) is 3.95. The number of methoxy groups -OCH3 is 3. The van der Waals surface area contributed by atoms with Gasteiger partial charge in [-0.2, -0.15) is 0 Å². The molecule has 0 aliphatic carbocycles. The number of carbonyl (C=O) groups is 3. The standard InChI is InChI=1S/C30H24N2O6/c1-17-9-13-19(14-10-17)32-26(30(35)38-4)25(29(34)37-3)24(27(33)18-11-15-20(36-2)16-12-18)23-21-7-5-6-8-22(21)31-28(23)32/h5-16H,1-4H3. The van der Waals surface area contributed by atoms with E-state index in [9.17, 15) is 14.4 Å². The number of aromatic nitrogens is 2. The van der Waals surface area contributed by atoms with Crippen LogP contribution in [0, 0.1) is 6.92 Å². The number of benzene rings is 3. The van der Waals surface area contributed by atoms with Gasteiger partial charge in [0.05, 0.1) is 32.4 Å². The number of rotatable bonds is 6. The second kappa shape index (κ2) is 9.82. The van der Waals surface area contributed by atoms with Crippen LogP contribution in [0.2, 0.25) is 0 Å². The molecule has 0 N–H and O–H groups in total. The lowest BCUT2D eigenvalue weighted by molar-refractivity contribution is 0.0545. The van der Waals surface area contributed by atoms with E-state index in [-0.39, 0.29) is 16.8 Å². The van der Waals surface area contributed by atoms with Crippen LogP contribution in [0.25, 0.3) is 28.0 Å². The van der Waals surface area contributed by atoms with Crippen LogP contribution < -0.4 is 4.74 Å². The first-order chi connectivity index (χ1) is 18.4. The second-order valence-corrected chi connectivity index (χ2v) is 8.64. The summed E-state index contributed by atoms with van der Waals surface area (Å²) in [5.41, 5.74) is 2.55. The molecule has 0 aromatic heterocycles. The lowest BCUT2D eigenvalue weighted by Gasteiger charge is -2.23. The molecule has 190 valence electrons. The highest BCUT2D eigenvalue weighted by Gasteiger charge is 2.37. The van der Waals surface area contributed by atoms with E-state index in [1.165, 1.54) is 21.3 Å². The van der Waals surface area contributed by atoms with E-state index in [0.29, 0.717) is 39.3 Å². The summed E-state index contributed by atoms with van der Waals surface area (Å²) in [4.78, 5) is 45.8. The van der Waals surface area contributed by atoms with Gasteiger partial charge in [-0.3, -0.25) is 9.36 Å². The van der Waals surface area contributed by atoms with Crippen molar-refractivity contribution in [2.24, 2.45) is 0 Å². The molecule has 8 heteroatoms. The highest BCUT2D eigenvalue weighted by Crippen LogP contribution is 2.41. The minimum Gasteiger partial charge on any atom is -0.497 e. The maximum atomic E-state index is 14.2. The fourth-order valence-electron chi connectivity index (χ4n) is 4.59. The number of aryl methyl sites for hydroxylation is 1. The van der Waals surface area contributed by atoms with Gasteiger partial charge in [-0.15, -0.1) is 0 Å². The Morgan fingerprint density at radius 3 is 2.05 bits per heavy atom. The van der Waals surface area contributed by atoms with Crippen LogP contribution in [0.3, 0.4) is 0 Å². The molecule has 8 nitrogen and oxygen atoms in total. The summed E-state index contributed by atoms with van der Waals surface area (Å²) in [6.45, 7) is 1.94. The molecular weight excluding hydrogens is 484 g/mol. The van der Waals surface area contributed by atoms with Gasteiger partial charge in [0, 0.05) is 22.2 Å². The van der Waals surface area contributed by atoms with E-state index in [1.54, 1.807) is 28.8 Å². The minimum absolute atomic E-state index is 0.00878. The van der Waals surface area contributed by atoms with Crippen LogP contribution in [0.15, 0.2) is 72.8 Å². The number of carbonyl (C=O) groups excluding carboxylic acids is 3. The van der Waals surface area contributed by atoms with Gasteiger partial charge < -0.3 is 14.2 Å². The molecule has 0 bridgehead atoms. The Hall–Kier alpha value is -4.98. The van der Waals surface area contributed by atoms with Crippen molar-refractivity contribution >= 4 is 28.6 Å². The Morgan fingerprint density at radius 1 is 0.763 bits per heavy atom. The van der Waals surface area contributed by atoms with Crippen molar-refractivity contribution in [3.05, 3.63) is 101 Å². The third kappa shape index (κ3) is 3.96. The van der Waals surface area contributed by atoms with Crippen LogP contribution in [-0.2, 0) is 9.47 Å². The smallest absolute Gasteiger partial charge is 0.356 e. The van der Waals surface area contributed by atoms with Crippen molar-refractivity contribution in [3.63, 3.8) is 0 Å². The van der Waals surface area contributed by atoms with Crippen molar-refractivity contribution in [2.75, 3.05) is 21.3 Å². The van der Waals surface area contributed by atoms with Crippen LogP contribution in [0.5, 0.6) is 5.75 Å². The quantitative estimate of drug-likeness (QED) is 0.228. The zero-order valence-corrected chi connectivity index (χ0v) is 21.3. The second-order valence-electron chi connectivity index (χ2n) is 8.64. The highest BCUT2D eigenvalue weighted by atomic mass is 16.5. The van der Waals surface area contributed by atoms with Crippen molar-refractivity contribution in [2.45, 2.75) is 6.92 Å². The van der Waals surface area contributed by atoms with E-state index < -0.39 is 17.7 Å². The predicted molar refractivity (Wildman–Crippen MR) is 142 cm³/mol. The normalized spacial score (nSPS) is 10.9. The number of nitrogens with zero attached hydrogens (tertiary/aromatic N) is 2. The predicted octanol–water partition coefficient (Wildman–Crippen LogP) is 5.25. The molecule has 0 saturated carbocycles.